The lowest BCUT2D eigenvalue weighted by Crippen LogP contribution is -2.04. The third kappa shape index (κ3) is 2.05. The van der Waals surface area contributed by atoms with Gasteiger partial charge in [0.15, 0.2) is 0 Å². The Bertz CT molecular complexity index is 329. The van der Waals surface area contributed by atoms with Crippen molar-refractivity contribution in [2.75, 3.05) is 13.7 Å². The molecule has 0 spiro atoms. The molecule has 0 bridgehead atoms. The van der Waals surface area contributed by atoms with Gasteiger partial charge in [0, 0.05) is 12.5 Å². The van der Waals surface area contributed by atoms with Crippen LogP contribution in [0.3, 0.4) is 0 Å². The molecule has 2 heteroatoms. The fourth-order valence-corrected chi connectivity index (χ4v) is 1.98. The Kier molecular flexibility index (Phi) is 3.07. The average molecular weight is 204 g/mol. The number of benzene rings is 1. The Morgan fingerprint density at radius 3 is 2.73 bits per heavy atom. The summed E-state index contributed by atoms with van der Waals surface area (Å²) in [4.78, 5) is 0. The van der Waals surface area contributed by atoms with E-state index in [2.05, 4.69) is 18.7 Å². The SMILES string of the molecule is C=C[C@H]1CCO[C@H]1c1ccc(OC)cc1. The highest BCUT2D eigenvalue weighted by molar-refractivity contribution is 5.29. The van der Waals surface area contributed by atoms with E-state index >= 15 is 0 Å². The number of methoxy groups -OCH3 is 1. The van der Waals surface area contributed by atoms with Crippen LogP contribution in [0, 0.1) is 5.92 Å². The van der Waals surface area contributed by atoms with Crippen molar-refractivity contribution in [1.29, 1.82) is 0 Å². The van der Waals surface area contributed by atoms with Crippen LogP contribution in [0.4, 0.5) is 0 Å². The van der Waals surface area contributed by atoms with Gasteiger partial charge in [-0.1, -0.05) is 18.2 Å². The summed E-state index contributed by atoms with van der Waals surface area (Å²) in [5, 5.41) is 0. The highest BCUT2D eigenvalue weighted by Crippen LogP contribution is 2.35. The van der Waals surface area contributed by atoms with Gasteiger partial charge in [-0.2, -0.15) is 0 Å². The predicted molar refractivity (Wildman–Crippen MR) is 60.0 cm³/mol. The Labute approximate surface area is 90.5 Å². The lowest BCUT2D eigenvalue weighted by Gasteiger charge is -2.15. The Balaban J connectivity index is 2.17. The molecule has 0 unspecified atom stereocenters. The van der Waals surface area contributed by atoms with E-state index in [1.807, 2.05) is 18.2 Å². The molecule has 15 heavy (non-hydrogen) atoms. The van der Waals surface area contributed by atoms with Crippen LogP contribution in [0.5, 0.6) is 5.75 Å². The molecule has 0 saturated carbocycles. The molecule has 1 saturated heterocycles. The molecular weight excluding hydrogens is 188 g/mol. The first-order chi connectivity index (χ1) is 7.35. The van der Waals surface area contributed by atoms with E-state index in [9.17, 15) is 0 Å². The standard InChI is InChI=1S/C13H16O2/c1-3-10-8-9-15-13(10)11-4-6-12(14-2)7-5-11/h3-7,10,13H,1,8-9H2,2H3/t10-,13+/m0/s1. The molecule has 1 aromatic rings. The second-order valence-corrected chi connectivity index (χ2v) is 3.75. The maximum absolute atomic E-state index is 5.70. The fraction of sp³-hybridized carbons (Fsp3) is 0.385. The van der Waals surface area contributed by atoms with Crippen molar-refractivity contribution in [3.05, 3.63) is 42.5 Å². The lowest BCUT2D eigenvalue weighted by atomic mass is 9.95. The second-order valence-electron chi connectivity index (χ2n) is 3.75. The van der Waals surface area contributed by atoms with E-state index < -0.39 is 0 Å². The molecule has 0 N–H and O–H groups in total. The number of ether oxygens (including phenoxy) is 2. The van der Waals surface area contributed by atoms with Crippen LogP contribution < -0.4 is 4.74 Å². The monoisotopic (exact) mass is 204 g/mol. The summed E-state index contributed by atoms with van der Waals surface area (Å²) in [7, 11) is 1.67. The van der Waals surface area contributed by atoms with Crippen molar-refractivity contribution in [2.24, 2.45) is 5.92 Å². The zero-order valence-electron chi connectivity index (χ0n) is 8.98. The number of rotatable bonds is 3. The lowest BCUT2D eigenvalue weighted by molar-refractivity contribution is 0.0995. The zero-order valence-corrected chi connectivity index (χ0v) is 8.98. The quantitative estimate of drug-likeness (QED) is 0.705. The maximum Gasteiger partial charge on any atom is 0.118 e. The third-order valence-electron chi connectivity index (χ3n) is 2.88. The van der Waals surface area contributed by atoms with E-state index in [-0.39, 0.29) is 6.10 Å². The van der Waals surface area contributed by atoms with Gasteiger partial charge in [-0.05, 0) is 24.1 Å². The van der Waals surface area contributed by atoms with Gasteiger partial charge in [0.25, 0.3) is 0 Å². The highest BCUT2D eigenvalue weighted by atomic mass is 16.5. The Morgan fingerprint density at radius 2 is 2.13 bits per heavy atom. The first kappa shape index (κ1) is 10.2. The molecule has 0 radical (unpaired) electrons. The molecule has 2 rings (SSSR count). The van der Waals surface area contributed by atoms with E-state index in [1.165, 1.54) is 5.56 Å². The summed E-state index contributed by atoms with van der Waals surface area (Å²) in [6, 6.07) is 8.06. The Morgan fingerprint density at radius 1 is 1.40 bits per heavy atom. The van der Waals surface area contributed by atoms with Crippen molar-refractivity contribution in [3.8, 4) is 5.75 Å². The van der Waals surface area contributed by atoms with Gasteiger partial charge in [0.2, 0.25) is 0 Å². The normalized spacial score (nSPS) is 25.1. The van der Waals surface area contributed by atoms with Gasteiger partial charge in [-0.3, -0.25) is 0 Å². The summed E-state index contributed by atoms with van der Waals surface area (Å²) < 4.78 is 10.8. The molecule has 1 aliphatic rings. The molecule has 80 valence electrons. The first-order valence-corrected chi connectivity index (χ1v) is 5.23. The fourth-order valence-electron chi connectivity index (χ4n) is 1.98. The molecular formula is C13H16O2. The van der Waals surface area contributed by atoms with Gasteiger partial charge in [-0.15, -0.1) is 6.58 Å². The molecule has 2 atom stereocenters. The third-order valence-corrected chi connectivity index (χ3v) is 2.88. The van der Waals surface area contributed by atoms with Crippen LogP contribution in [-0.2, 0) is 4.74 Å². The van der Waals surface area contributed by atoms with Crippen LogP contribution in [0.1, 0.15) is 18.1 Å². The summed E-state index contributed by atoms with van der Waals surface area (Å²) in [6.07, 6.45) is 3.23. The highest BCUT2D eigenvalue weighted by Gasteiger charge is 2.26. The van der Waals surface area contributed by atoms with Gasteiger partial charge < -0.3 is 9.47 Å². The van der Waals surface area contributed by atoms with Gasteiger partial charge in [-0.25, -0.2) is 0 Å². The second kappa shape index (κ2) is 4.49. The molecule has 0 aliphatic carbocycles. The zero-order chi connectivity index (χ0) is 10.7. The minimum Gasteiger partial charge on any atom is -0.497 e. The first-order valence-electron chi connectivity index (χ1n) is 5.23. The molecule has 0 aromatic heterocycles. The van der Waals surface area contributed by atoms with Crippen molar-refractivity contribution >= 4 is 0 Å². The van der Waals surface area contributed by atoms with Crippen LogP contribution in [0.2, 0.25) is 0 Å². The number of hydrogen-bond acceptors (Lipinski definition) is 2. The molecule has 1 fully saturated rings. The van der Waals surface area contributed by atoms with Gasteiger partial charge >= 0.3 is 0 Å². The summed E-state index contributed by atoms with van der Waals surface area (Å²) >= 11 is 0. The summed E-state index contributed by atoms with van der Waals surface area (Å²) in [5.74, 6) is 1.32. The van der Waals surface area contributed by atoms with Crippen molar-refractivity contribution in [1.82, 2.24) is 0 Å². The van der Waals surface area contributed by atoms with Crippen molar-refractivity contribution in [3.63, 3.8) is 0 Å². The minimum atomic E-state index is 0.174. The summed E-state index contributed by atoms with van der Waals surface area (Å²) in [5.41, 5.74) is 1.21. The van der Waals surface area contributed by atoms with Crippen LogP contribution in [-0.4, -0.2) is 13.7 Å². The van der Waals surface area contributed by atoms with E-state index in [4.69, 9.17) is 9.47 Å². The van der Waals surface area contributed by atoms with Crippen molar-refractivity contribution in [2.45, 2.75) is 12.5 Å². The smallest absolute Gasteiger partial charge is 0.118 e. The topological polar surface area (TPSA) is 18.5 Å². The molecule has 1 aliphatic heterocycles. The average Bonchev–Trinajstić information content (AvgIpc) is 2.77. The van der Waals surface area contributed by atoms with Gasteiger partial charge in [0.05, 0.1) is 13.2 Å². The van der Waals surface area contributed by atoms with Crippen LogP contribution in [0.25, 0.3) is 0 Å². The predicted octanol–water partition coefficient (Wildman–Crippen LogP) is 2.96. The molecule has 1 aromatic carbocycles. The van der Waals surface area contributed by atoms with Gasteiger partial charge in [0.1, 0.15) is 5.75 Å². The summed E-state index contributed by atoms with van der Waals surface area (Å²) in [6.45, 7) is 4.67. The van der Waals surface area contributed by atoms with Crippen LogP contribution in [0.15, 0.2) is 36.9 Å². The van der Waals surface area contributed by atoms with E-state index in [0.717, 1.165) is 18.8 Å². The minimum absolute atomic E-state index is 0.174. The largest absolute Gasteiger partial charge is 0.497 e. The Hall–Kier alpha value is -1.28. The number of hydrogen-bond donors (Lipinski definition) is 0. The van der Waals surface area contributed by atoms with E-state index in [1.54, 1.807) is 7.11 Å². The van der Waals surface area contributed by atoms with E-state index in [0.29, 0.717) is 5.92 Å². The molecule has 2 nitrogen and oxygen atoms in total. The van der Waals surface area contributed by atoms with Crippen LogP contribution >= 0.6 is 0 Å². The molecule has 0 amide bonds. The van der Waals surface area contributed by atoms with Crippen molar-refractivity contribution < 1.29 is 9.47 Å². The molecule has 1 heterocycles. The maximum atomic E-state index is 5.70.